The molecule has 0 heterocycles. The number of carbonyl (C=O) groups excluding carboxylic acids is 1. The lowest BCUT2D eigenvalue weighted by Crippen LogP contribution is -2.20. The van der Waals surface area contributed by atoms with Crippen LogP contribution in [0.25, 0.3) is 0 Å². The highest BCUT2D eigenvalue weighted by Crippen LogP contribution is 2.30. The van der Waals surface area contributed by atoms with Gasteiger partial charge < -0.3 is 9.84 Å². The molecule has 1 rings (SSSR count). The van der Waals surface area contributed by atoms with E-state index >= 15 is 0 Å². The van der Waals surface area contributed by atoms with Crippen molar-refractivity contribution in [3.05, 3.63) is 28.8 Å². The maximum Gasteiger partial charge on any atom is 0.341 e. The Balaban J connectivity index is 3.37. The van der Waals surface area contributed by atoms with E-state index in [9.17, 15) is 27.2 Å². The first-order chi connectivity index (χ1) is 9.22. The Morgan fingerprint density at radius 1 is 1.10 bits per heavy atom. The molecule has 0 aliphatic carbocycles. The van der Waals surface area contributed by atoms with Crippen LogP contribution >= 0.6 is 0 Å². The van der Waals surface area contributed by atoms with Gasteiger partial charge in [0.05, 0.1) is 5.92 Å². The summed E-state index contributed by atoms with van der Waals surface area (Å²) in [6.07, 6.45) is 0.278. The molecule has 0 amide bonds. The van der Waals surface area contributed by atoms with Crippen molar-refractivity contribution < 1.29 is 37.0 Å². The Morgan fingerprint density at radius 3 is 1.90 bits per heavy atom. The molecule has 0 aliphatic heterocycles. The fraction of sp³-hybridized carbons (Fsp3) is 0.333. The second-order valence-corrected chi connectivity index (χ2v) is 4.00. The van der Waals surface area contributed by atoms with Crippen LogP contribution in [0.4, 0.5) is 17.6 Å². The van der Waals surface area contributed by atoms with E-state index in [-0.39, 0.29) is 6.42 Å². The van der Waals surface area contributed by atoms with E-state index in [1.54, 1.807) is 6.92 Å². The van der Waals surface area contributed by atoms with Crippen molar-refractivity contribution in [2.75, 3.05) is 0 Å². The minimum Gasteiger partial charge on any atom is -0.477 e. The van der Waals surface area contributed by atoms with Gasteiger partial charge in [-0.15, -0.1) is 0 Å². The van der Waals surface area contributed by atoms with Crippen molar-refractivity contribution in [3.63, 3.8) is 0 Å². The zero-order valence-corrected chi connectivity index (χ0v) is 10.5. The molecule has 20 heavy (non-hydrogen) atoms. The largest absolute Gasteiger partial charge is 0.477 e. The molecule has 0 saturated heterocycles. The van der Waals surface area contributed by atoms with Crippen molar-refractivity contribution in [2.24, 2.45) is 5.92 Å². The van der Waals surface area contributed by atoms with Crippen molar-refractivity contribution in [2.45, 2.75) is 20.3 Å². The molecule has 110 valence electrons. The van der Waals surface area contributed by atoms with Gasteiger partial charge in [0.2, 0.25) is 17.4 Å². The lowest BCUT2D eigenvalue weighted by molar-refractivity contribution is -0.138. The molecular weight excluding hydrogens is 284 g/mol. The van der Waals surface area contributed by atoms with Crippen LogP contribution in [0.5, 0.6) is 5.75 Å². The molecule has 4 nitrogen and oxygen atoms in total. The second-order valence-electron chi connectivity index (χ2n) is 4.00. The zero-order valence-electron chi connectivity index (χ0n) is 10.5. The summed E-state index contributed by atoms with van der Waals surface area (Å²) < 4.78 is 57.9. The number of ether oxygens (including phenoxy) is 1. The van der Waals surface area contributed by atoms with E-state index in [4.69, 9.17) is 5.11 Å². The molecule has 0 fully saturated rings. The zero-order chi connectivity index (χ0) is 15.6. The molecule has 1 atom stereocenters. The van der Waals surface area contributed by atoms with Crippen LogP contribution in [0, 0.1) is 29.2 Å². The van der Waals surface area contributed by atoms with Crippen LogP contribution in [0.2, 0.25) is 0 Å². The highest BCUT2D eigenvalue weighted by Gasteiger charge is 2.32. The Morgan fingerprint density at radius 2 is 1.55 bits per heavy atom. The van der Waals surface area contributed by atoms with Crippen LogP contribution in [-0.4, -0.2) is 17.0 Å². The van der Waals surface area contributed by atoms with E-state index in [1.165, 1.54) is 6.92 Å². The number of halogens is 4. The van der Waals surface area contributed by atoms with E-state index < -0.39 is 52.4 Å². The average Bonchev–Trinajstić information content (AvgIpc) is 2.39. The third-order valence-electron chi connectivity index (χ3n) is 2.65. The first-order valence-electron chi connectivity index (χ1n) is 5.53. The minimum atomic E-state index is -2.18. The number of hydrogen-bond donors (Lipinski definition) is 1. The summed E-state index contributed by atoms with van der Waals surface area (Å²) in [4.78, 5) is 21.9. The molecular formula is C12H10F4O4. The summed E-state index contributed by atoms with van der Waals surface area (Å²) in [5.41, 5.74) is -1.79. The summed E-state index contributed by atoms with van der Waals surface area (Å²) in [6, 6.07) is 0. The third-order valence-corrected chi connectivity index (χ3v) is 2.65. The first kappa shape index (κ1) is 15.9. The normalized spacial score (nSPS) is 12.1. The van der Waals surface area contributed by atoms with Gasteiger partial charge in [-0.3, -0.25) is 4.79 Å². The lowest BCUT2D eigenvalue weighted by Gasteiger charge is -2.12. The van der Waals surface area contributed by atoms with Gasteiger partial charge in [0.15, 0.2) is 11.6 Å². The van der Waals surface area contributed by atoms with E-state index in [1.807, 2.05) is 0 Å². The molecule has 0 spiro atoms. The van der Waals surface area contributed by atoms with Gasteiger partial charge in [-0.1, -0.05) is 13.8 Å². The maximum atomic E-state index is 13.5. The predicted octanol–water partition coefficient (Wildman–Crippen LogP) is 2.89. The van der Waals surface area contributed by atoms with E-state index in [2.05, 4.69) is 4.74 Å². The van der Waals surface area contributed by atoms with Gasteiger partial charge in [0, 0.05) is 0 Å². The van der Waals surface area contributed by atoms with Gasteiger partial charge >= 0.3 is 11.9 Å². The topological polar surface area (TPSA) is 63.6 Å². The number of aromatic carboxylic acids is 1. The molecule has 0 aliphatic rings. The molecule has 1 unspecified atom stereocenters. The molecule has 1 N–H and O–H groups in total. The molecule has 1 aromatic rings. The summed E-state index contributed by atoms with van der Waals surface area (Å²) in [6.45, 7) is 2.98. The maximum absolute atomic E-state index is 13.5. The smallest absolute Gasteiger partial charge is 0.341 e. The van der Waals surface area contributed by atoms with Crippen LogP contribution in [-0.2, 0) is 4.79 Å². The van der Waals surface area contributed by atoms with Gasteiger partial charge in [-0.25, -0.2) is 13.6 Å². The number of esters is 1. The molecule has 0 radical (unpaired) electrons. The standard InChI is InChI=1S/C12H10F4O4/c1-3-4(2)12(19)20-10-8(15)6(13)5(11(17)18)7(14)9(10)16/h4H,3H2,1-2H3,(H,17,18). The Bertz CT molecular complexity index is 542. The summed E-state index contributed by atoms with van der Waals surface area (Å²) >= 11 is 0. The molecule has 0 aromatic heterocycles. The number of carboxylic acids is 1. The quantitative estimate of drug-likeness (QED) is 0.401. The predicted molar refractivity (Wildman–Crippen MR) is 58.3 cm³/mol. The van der Waals surface area contributed by atoms with E-state index in [0.29, 0.717) is 0 Å². The molecule has 8 heteroatoms. The summed E-state index contributed by atoms with van der Waals surface area (Å²) in [5.74, 6) is -14.0. The summed E-state index contributed by atoms with van der Waals surface area (Å²) in [7, 11) is 0. The Kier molecular flexibility index (Phi) is 4.69. The monoisotopic (exact) mass is 294 g/mol. The van der Waals surface area contributed by atoms with Gasteiger partial charge in [-0.05, 0) is 6.42 Å². The molecule has 1 aromatic carbocycles. The number of rotatable bonds is 4. The van der Waals surface area contributed by atoms with Crippen LogP contribution in [0.1, 0.15) is 30.6 Å². The van der Waals surface area contributed by atoms with Crippen molar-refractivity contribution in [3.8, 4) is 5.75 Å². The van der Waals surface area contributed by atoms with Crippen molar-refractivity contribution >= 4 is 11.9 Å². The lowest BCUT2D eigenvalue weighted by atomic mass is 10.1. The van der Waals surface area contributed by atoms with E-state index in [0.717, 1.165) is 0 Å². The second kappa shape index (κ2) is 5.89. The fourth-order valence-corrected chi connectivity index (χ4v) is 1.26. The highest BCUT2D eigenvalue weighted by molar-refractivity contribution is 5.88. The number of benzene rings is 1. The van der Waals surface area contributed by atoms with Gasteiger partial charge in [0.25, 0.3) is 0 Å². The van der Waals surface area contributed by atoms with Crippen LogP contribution < -0.4 is 4.74 Å². The number of carbonyl (C=O) groups is 2. The fourth-order valence-electron chi connectivity index (χ4n) is 1.26. The van der Waals surface area contributed by atoms with Crippen molar-refractivity contribution in [1.82, 2.24) is 0 Å². The molecule has 0 saturated carbocycles. The number of carboxylic acid groups (broad SMARTS) is 1. The third kappa shape index (κ3) is 2.73. The van der Waals surface area contributed by atoms with Gasteiger partial charge in [-0.2, -0.15) is 8.78 Å². The average molecular weight is 294 g/mol. The Hall–Kier alpha value is -2.12. The van der Waals surface area contributed by atoms with Crippen LogP contribution in [0.15, 0.2) is 0 Å². The van der Waals surface area contributed by atoms with Crippen molar-refractivity contribution in [1.29, 1.82) is 0 Å². The van der Waals surface area contributed by atoms with Gasteiger partial charge in [0.1, 0.15) is 5.56 Å². The highest BCUT2D eigenvalue weighted by atomic mass is 19.2. The Labute approximate surface area is 111 Å². The first-order valence-corrected chi connectivity index (χ1v) is 5.53. The minimum absolute atomic E-state index is 0.278. The molecule has 0 bridgehead atoms. The SMILES string of the molecule is CCC(C)C(=O)Oc1c(F)c(F)c(C(=O)O)c(F)c1F. The van der Waals surface area contributed by atoms with Crippen LogP contribution in [0.3, 0.4) is 0 Å². The number of hydrogen-bond acceptors (Lipinski definition) is 3. The summed E-state index contributed by atoms with van der Waals surface area (Å²) in [5, 5.41) is 8.47.